The predicted molar refractivity (Wildman–Crippen MR) is 90.7 cm³/mol. The highest BCUT2D eigenvalue weighted by Crippen LogP contribution is 2.27. The third kappa shape index (κ3) is 4.64. The van der Waals surface area contributed by atoms with E-state index in [1.54, 1.807) is 24.3 Å². The maximum Gasteiger partial charge on any atom is 0.337 e. The van der Waals surface area contributed by atoms with Gasteiger partial charge in [0.25, 0.3) is 0 Å². The molecule has 0 amide bonds. The number of hydrogen-bond acceptors (Lipinski definition) is 4. The molecule has 0 spiro atoms. The van der Waals surface area contributed by atoms with Gasteiger partial charge in [0.1, 0.15) is 0 Å². The summed E-state index contributed by atoms with van der Waals surface area (Å²) < 4.78 is 4.67. The fraction of sp³-hybridized carbons (Fsp3) is 0.579. The van der Waals surface area contributed by atoms with Gasteiger partial charge in [-0.1, -0.05) is 38.8 Å². The topological polar surface area (TPSA) is 46.6 Å². The molecule has 0 N–H and O–H groups in total. The van der Waals surface area contributed by atoms with Crippen LogP contribution < -0.4 is 0 Å². The zero-order chi connectivity index (χ0) is 16.8. The second-order valence-electron chi connectivity index (χ2n) is 6.54. The fourth-order valence-corrected chi connectivity index (χ4v) is 3.43. The molecule has 1 heterocycles. The lowest BCUT2D eigenvalue weighted by Gasteiger charge is -2.36. The number of ether oxygens (including phenoxy) is 1. The van der Waals surface area contributed by atoms with Crippen molar-refractivity contribution in [1.29, 1.82) is 0 Å². The van der Waals surface area contributed by atoms with Gasteiger partial charge in [-0.2, -0.15) is 0 Å². The number of benzene rings is 1. The van der Waals surface area contributed by atoms with Crippen LogP contribution >= 0.6 is 0 Å². The van der Waals surface area contributed by atoms with Crippen LogP contribution in [0.25, 0.3) is 0 Å². The summed E-state index contributed by atoms with van der Waals surface area (Å²) >= 11 is 0. The first-order valence-corrected chi connectivity index (χ1v) is 8.49. The van der Waals surface area contributed by atoms with Crippen molar-refractivity contribution in [3.8, 4) is 0 Å². The van der Waals surface area contributed by atoms with Crippen LogP contribution in [0, 0.1) is 11.8 Å². The number of ketones is 1. The highest BCUT2D eigenvalue weighted by molar-refractivity contribution is 5.98. The molecule has 4 heteroatoms. The van der Waals surface area contributed by atoms with E-state index in [0.717, 1.165) is 19.0 Å². The second kappa shape index (κ2) is 8.25. The molecule has 2 unspecified atom stereocenters. The number of methoxy groups -OCH3 is 1. The number of esters is 1. The molecule has 0 aromatic heterocycles. The van der Waals surface area contributed by atoms with E-state index >= 15 is 0 Å². The number of nitrogens with zero attached hydrogens (tertiary/aromatic N) is 1. The lowest BCUT2D eigenvalue weighted by molar-refractivity contribution is 0.0600. The van der Waals surface area contributed by atoms with Crippen LogP contribution in [0.5, 0.6) is 0 Å². The van der Waals surface area contributed by atoms with E-state index in [0.29, 0.717) is 23.6 Å². The van der Waals surface area contributed by atoms with Crippen LogP contribution in [-0.2, 0) is 4.74 Å². The third-order valence-corrected chi connectivity index (χ3v) is 4.82. The van der Waals surface area contributed by atoms with E-state index in [-0.39, 0.29) is 11.8 Å². The van der Waals surface area contributed by atoms with Gasteiger partial charge in [0.2, 0.25) is 0 Å². The number of piperidine rings is 1. The summed E-state index contributed by atoms with van der Waals surface area (Å²) in [5.41, 5.74) is 1.12. The number of Topliss-reactive ketones (excluding diaryl/α,β-unsaturated/α-hetero) is 1. The normalized spacial score (nSPS) is 21.9. The molecule has 1 aliphatic rings. The van der Waals surface area contributed by atoms with Crippen LogP contribution in [0.1, 0.15) is 53.8 Å². The van der Waals surface area contributed by atoms with Crippen molar-refractivity contribution in [2.24, 2.45) is 11.8 Å². The smallest absolute Gasteiger partial charge is 0.337 e. The molecule has 0 bridgehead atoms. The summed E-state index contributed by atoms with van der Waals surface area (Å²) in [5, 5.41) is 0. The Morgan fingerprint density at radius 1 is 1.22 bits per heavy atom. The zero-order valence-electron chi connectivity index (χ0n) is 14.4. The minimum Gasteiger partial charge on any atom is -0.465 e. The lowest BCUT2D eigenvalue weighted by Crippen LogP contribution is -2.41. The average molecular weight is 317 g/mol. The number of hydrogen-bond donors (Lipinski definition) is 0. The van der Waals surface area contributed by atoms with Gasteiger partial charge < -0.3 is 4.74 Å². The minimum atomic E-state index is -0.379. The molecule has 0 radical (unpaired) electrons. The van der Waals surface area contributed by atoms with Gasteiger partial charge in [0.05, 0.1) is 19.2 Å². The Labute approximate surface area is 138 Å². The number of carbonyl (C=O) groups excluding carboxylic acids is 2. The number of carbonyl (C=O) groups is 2. The van der Waals surface area contributed by atoms with Crippen molar-refractivity contribution >= 4 is 11.8 Å². The minimum absolute atomic E-state index is 0.113. The van der Waals surface area contributed by atoms with Crippen molar-refractivity contribution in [3.05, 3.63) is 35.4 Å². The summed E-state index contributed by atoms with van der Waals surface area (Å²) in [5.74, 6) is 1.18. The van der Waals surface area contributed by atoms with Gasteiger partial charge in [-0.15, -0.1) is 0 Å². The quantitative estimate of drug-likeness (QED) is 0.596. The summed E-state index contributed by atoms with van der Waals surface area (Å²) in [6, 6.07) is 6.72. The van der Waals surface area contributed by atoms with Crippen molar-refractivity contribution in [2.45, 2.75) is 33.1 Å². The molecule has 126 valence electrons. The van der Waals surface area contributed by atoms with Crippen molar-refractivity contribution < 1.29 is 14.3 Å². The molecular weight excluding hydrogens is 290 g/mol. The standard InChI is InChI=1S/C19H27NO3/c1-4-5-15-10-11-20(12-14(15)2)13-18(21)16-6-8-17(9-7-16)19(22)23-3/h6-9,14-15H,4-5,10-13H2,1-3H3. The molecule has 23 heavy (non-hydrogen) atoms. The van der Waals surface area contributed by atoms with Gasteiger partial charge >= 0.3 is 5.97 Å². The third-order valence-electron chi connectivity index (χ3n) is 4.82. The van der Waals surface area contributed by atoms with Crippen LogP contribution in [0.2, 0.25) is 0 Å². The molecular formula is C19H27NO3. The SMILES string of the molecule is CCCC1CCN(CC(=O)c2ccc(C(=O)OC)cc2)CC1C. The maximum atomic E-state index is 12.4. The maximum absolute atomic E-state index is 12.4. The molecule has 1 aromatic rings. The van der Waals surface area contributed by atoms with Gasteiger partial charge in [0.15, 0.2) is 5.78 Å². The number of rotatable bonds is 6. The van der Waals surface area contributed by atoms with Crippen molar-refractivity contribution in [2.75, 3.05) is 26.7 Å². The average Bonchev–Trinajstić information content (AvgIpc) is 2.57. The molecule has 4 nitrogen and oxygen atoms in total. The highest BCUT2D eigenvalue weighted by Gasteiger charge is 2.26. The Hall–Kier alpha value is -1.68. The van der Waals surface area contributed by atoms with Crippen LogP contribution in [0.15, 0.2) is 24.3 Å². The van der Waals surface area contributed by atoms with E-state index in [2.05, 4.69) is 23.5 Å². The Bertz CT molecular complexity index is 538. The van der Waals surface area contributed by atoms with Gasteiger partial charge in [0, 0.05) is 12.1 Å². The van der Waals surface area contributed by atoms with Crippen molar-refractivity contribution in [1.82, 2.24) is 4.90 Å². The van der Waals surface area contributed by atoms with Gasteiger partial charge in [-0.25, -0.2) is 4.79 Å². The Morgan fingerprint density at radius 2 is 1.87 bits per heavy atom. The first-order chi connectivity index (χ1) is 11.0. The molecule has 0 aliphatic carbocycles. The number of likely N-dealkylation sites (tertiary alicyclic amines) is 1. The monoisotopic (exact) mass is 317 g/mol. The highest BCUT2D eigenvalue weighted by atomic mass is 16.5. The van der Waals surface area contributed by atoms with E-state index in [9.17, 15) is 9.59 Å². The van der Waals surface area contributed by atoms with Gasteiger partial charge in [-0.3, -0.25) is 9.69 Å². The fourth-order valence-electron chi connectivity index (χ4n) is 3.43. The summed E-state index contributed by atoms with van der Waals surface area (Å²) in [4.78, 5) is 26.1. The molecule has 1 saturated heterocycles. The van der Waals surface area contributed by atoms with Crippen LogP contribution in [0.4, 0.5) is 0 Å². The van der Waals surface area contributed by atoms with E-state index in [1.807, 2.05) is 0 Å². The summed E-state index contributed by atoms with van der Waals surface area (Å²) in [7, 11) is 1.35. The molecule has 2 rings (SSSR count). The van der Waals surface area contributed by atoms with E-state index in [4.69, 9.17) is 0 Å². The Kier molecular flexibility index (Phi) is 6.34. The second-order valence-corrected chi connectivity index (χ2v) is 6.54. The Morgan fingerprint density at radius 3 is 2.43 bits per heavy atom. The molecule has 1 aliphatic heterocycles. The van der Waals surface area contributed by atoms with Crippen LogP contribution in [-0.4, -0.2) is 43.4 Å². The van der Waals surface area contributed by atoms with E-state index in [1.165, 1.54) is 26.4 Å². The van der Waals surface area contributed by atoms with Gasteiger partial charge in [-0.05, 0) is 36.9 Å². The predicted octanol–water partition coefficient (Wildman–Crippen LogP) is 3.41. The van der Waals surface area contributed by atoms with Crippen molar-refractivity contribution in [3.63, 3.8) is 0 Å². The first-order valence-electron chi connectivity index (χ1n) is 8.49. The zero-order valence-corrected chi connectivity index (χ0v) is 14.4. The first kappa shape index (κ1) is 17.7. The largest absolute Gasteiger partial charge is 0.465 e. The van der Waals surface area contributed by atoms with Crippen LogP contribution in [0.3, 0.4) is 0 Å². The Balaban J connectivity index is 1.91. The summed E-state index contributed by atoms with van der Waals surface area (Å²) in [6.45, 7) is 6.99. The summed E-state index contributed by atoms with van der Waals surface area (Å²) in [6.07, 6.45) is 3.71. The molecule has 0 saturated carbocycles. The van der Waals surface area contributed by atoms with E-state index < -0.39 is 0 Å². The lowest BCUT2D eigenvalue weighted by atomic mass is 9.83. The molecule has 1 fully saturated rings. The molecule has 1 aromatic carbocycles. The molecule has 2 atom stereocenters.